The minimum Gasteiger partial charge on any atom is -0.507 e. The van der Waals surface area contributed by atoms with Crippen molar-refractivity contribution in [2.75, 3.05) is 0 Å². The Morgan fingerprint density at radius 3 is 2.35 bits per heavy atom. The second-order valence-corrected chi connectivity index (χ2v) is 4.84. The van der Waals surface area contributed by atoms with E-state index >= 15 is 0 Å². The first-order valence-electron chi connectivity index (χ1n) is 5.12. The van der Waals surface area contributed by atoms with Crippen molar-refractivity contribution >= 4 is 22.6 Å². The number of aromatic hydroxyl groups is 1. The smallest absolute Gasteiger partial charge is 0.129 e. The molecule has 0 aliphatic carbocycles. The molecular formula is C14H10INO. The van der Waals surface area contributed by atoms with E-state index in [1.54, 1.807) is 18.2 Å². The highest BCUT2D eigenvalue weighted by Crippen LogP contribution is 2.31. The predicted octanol–water partition coefficient (Wildman–Crippen LogP) is 3.84. The number of hydrogen-bond donors (Lipinski definition) is 1. The monoisotopic (exact) mass is 335 g/mol. The highest BCUT2D eigenvalue weighted by atomic mass is 127. The summed E-state index contributed by atoms with van der Waals surface area (Å²) >= 11 is 2.13. The lowest BCUT2D eigenvalue weighted by molar-refractivity contribution is 0.471. The molecule has 2 aromatic carbocycles. The lowest BCUT2D eigenvalue weighted by Crippen LogP contribution is -1.88. The van der Waals surface area contributed by atoms with Crippen molar-refractivity contribution in [3.63, 3.8) is 0 Å². The summed E-state index contributed by atoms with van der Waals surface area (Å²) in [7, 11) is 0. The van der Waals surface area contributed by atoms with E-state index in [4.69, 9.17) is 5.26 Å². The molecule has 17 heavy (non-hydrogen) atoms. The molecular weight excluding hydrogens is 325 g/mol. The van der Waals surface area contributed by atoms with Gasteiger partial charge in [-0.2, -0.15) is 5.26 Å². The van der Waals surface area contributed by atoms with Gasteiger partial charge in [-0.15, -0.1) is 0 Å². The Morgan fingerprint density at radius 2 is 1.76 bits per heavy atom. The van der Waals surface area contributed by atoms with Gasteiger partial charge in [0, 0.05) is 0 Å². The number of hydrogen-bond acceptors (Lipinski definition) is 2. The van der Waals surface area contributed by atoms with Gasteiger partial charge in [0.25, 0.3) is 0 Å². The van der Waals surface area contributed by atoms with Crippen LogP contribution in [0.5, 0.6) is 5.75 Å². The molecule has 0 saturated carbocycles. The van der Waals surface area contributed by atoms with Gasteiger partial charge in [-0.1, -0.05) is 18.2 Å². The lowest BCUT2D eigenvalue weighted by Gasteiger charge is -2.09. The zero-order chi connectivity index (χ0) is 12.4. The molecule has 0 heterocycles. The highest BCUT2D eigenvalue weighted by Gasteiger charge is 2.08. The topological polar surface area (TPSA) is 44.0 Å². The Morgan fingerprint density at radius 1 is 1.12 bits per heavy atom. The Balaban J connectivity index is 2.54. The van der Waals surface area contributed by atoms with Crippen molar-refractivity contribution < 1.29 is 5.11 Å². The average Bonchev–Trinajstić information content (AvgIpc) is 2.36. The number of phenols is 1. The van der Waals surface area contributed by atoms with E-state index < -0.39 is 0 Å². The summed E-state index contributed by atoms with van der Waals surface area (Å²) in [5, 5.41) is 18.4. The Bertz CT molecular complexity index is 597. The summed E-state index contributed by atoms with van der Waals surface area (Å²) in [6.07, 6.45) is 0. The van der Waals surface area contributed by atoms with E-state index in [0.717, 1.165) is 20.3 Å². The van der Waals surface area contributed by atoms with Gasteiger partial charge in [0.2, 0.25) is 0 Å². The molecule has 0 bridgehead atoms. The Labute approximate surface area is 114 Å². The largest absolute Gasteiger partial charge is 0.507 e. The molecule has 0 spiro atoms. The van der Waals surface area contributed by atoms with Crippen molar-refractivity contribution in [2.24, 2.45) is 0 Å². The fourth-order valence-electron chi connectivity index (χ4n) is 1.71. The van der Waals surface area contributed by atoms with Crippen molar-refractivity contribution in [1.29, 1.82) is 5.26 Å². The molecule has 1 N–H and O–H groups in total. The van der Waals surface area contributed by atoms with E-state index in [2.05, 4.69) is 28.7 Å². The number of nitrogens with zero attached hydrogens (tertiary/aromatic N) is 1. The minimum absolute atomic E-state index is 0.306. The molecule has 0 aliphatic heterocycles. The standard InChI is InChI=1S/C14H10INO/c1-9-12(6-7-13(17)14(9)15)11-4-2-10(8-16)3-5-11/h2-7,17H,1H3. The third-order valence-electron chi connectivity index (χ3n) is 2.69. The number of halogens is 1. The molecule has 0 atom stereocenters. The van der Waals surface area contributed by atoms with Crippen LogP contribution in [0.15, 0.2) is 36.4 Å². The average molecular weight is 335 g/mol. The molecule has 0 fully saturated rings. The van der Waals surface area contributed by atoms with Gasteiger partial charge in [0.1, 0.15) is 5.75 Å². The number of benzene rings is 2. The highest BCUT2D eigenvalue weighted by molar-refractivity contribution is 14.1. The van der Waals surface area contributed by atoms with E-state index in [1.165, 1.54) is 0 Å². The van der Waals surface area contributed by atoms with Gasteiger partial charge in [-0.3, -0.25) is 0 Å². The second kappa shape index (κ2) is 4.76. The molecule has 2 nitrogen and oxygen atoms in total. The minimum atomic E-state index is 0.306. The van der Waals surface area contributed by atoms with Crippen molar-refractivity contribution in [2.45, 2.75) is 6.92 Å². The third-order valence-corrected chi connectivity index (χ3v) is 4.05. The molecule has 3 heteroatoms. The quantitative estimate of drug-likeness (QED) is 0.805. The van der Waals surface area contributed by atoms with E-state index in [1.807, 2.05) is 25.1 Å². The van der Waals surface area contributed by atoms with Crippen molar-refractivity contribution in [3.8, 4) is 22.9 Å². The van der Waals surface area contributed by atoms with Crippen LogP contribution in [0.2, 0.25) is 0 Å². The van der Waals surface area contributed by atoms with Crippen LogP contribution in [0.3, 0.4) is 0 Å². The molecule has 0 saturated heterocycles. The molecule has 0 aromatic heterocycles. The van der Waals surface area contributed by atoms with Gasteiger partial charge in [-0.25, -0.2) is 0 Å². The number of rotatable bonds is 1. The number of phenolic OH excluding ortho intramolecular Hbond substituents is 1. The molecule has 0 unspecified atom stereocenters. The van der Waals surface area contributed by atoms with Crippen LogP contribution in [0.25, 0.3) is 11.1 Å². The molecule has 2 aromatic rings. The van der Waals surface area contributed by atoms with Gasteiger partial charge in [0.15, 0.2) is 0 Å². The normalized spacial score (nSPS) is 9.94. The second-order valence-electron chi connectivity index (χ2n) is 3.76. The first-order valence-corrected chi connectivity index (χ1v) is 6.20. The van der Waals surface area contributed by atoms with Crippen LogP contribution in [-0.2, 0) is 0 Å². The third kappa shape index (κ3) is 2.27. The van der Waals surface area contributed by atoms with Crippen molar-refractivity contribution in [3.05, 3.63) is 51.1 Å². The fraction of sp³-hybridized carbons (Fsp3) is 0.0714. The zero-order valence-electron chi connectivity index (χ0n) is 9.24. The molecule has 0 radical (unpaired) electrons. The van der Waals surface area contributed by atoms with Gasteiger partial charge < -0.3 is 5.11 Å². The van der Waals surface area contributed by atoms with Crippen LogP contribution < -0.4 is 0 Å². The summed E-state index contributed by atoms with van der Waals surface area (Å²) in [4.78, 5) is 0. The molecule has 0 aliphatic rings. The summed E-state index contributed by atoms with van der Waals surface area (Å²) in [6, 6.07) is 13.1. The first kappa shape index (κ1) is 11.9. The summed E-state index contributed by atoms with van der Waals surface area (Å²) in [5.74, 6) is 0.306. The van der Waals surface area contributed by atoms with Crippen LogP contribution >= 0.6 is 22.6 Å². The SMILES string of the molecule is Cc1c(-c2ccc(C#N)cc2)ccc(O)c1I. The summed E-state index contributed by atoms with van der Waals surface area (Å²) in [6.45, 7) is 1.98. The molecule has 84 valence electrons. The van der Waals surface area contributed by atoms with Gasteiger partial charge >= 0.3 is 0 Å². The number of nitriles is 1. The zero-order valence-corrected chi connectivity index (χ0v) is 11.4. The van der Waals surface area contributed by atoms with Crippen LogP contribution in [0.1, 0.15) is 11.1 Å². The van der Waals surface area contributed by atoms with E-state index in [-0.39, 0.29) is 0 Å². The van der Waals surface area contributed by atoms with Crippen molar-refractivity contribution in [1.82, 2.24) is 0 Å². The lowest BCUT2D eigenvalue weighted by atomic mass is 9.99. The van der Waals surface area contributed by atoms with Crippen LogP contribution in [0, 0.1) is 21.8 Å². The van der Waals surface area contributed by atoms with Gasteiger partial charge in [0.05, 0.1) is 15.2 Å². The fourth-order valence-corrected chi connectivity index (χ4v) is 2.18. The summed E-state index contributed by atoms with van der Waals surface area (Å²) < 4.78 is 0.865. The van der Waals surface area contributed by atoms with Crippen LogP contribution in [-0.4, -0.2) is 5.11 Å². The Hall–Kier alpha value is -1.54. The molecule has 0 amide bonds. The van der Waals surface area contributed by atoms with E-state index in [9.17, 15) is 5.11 Å². The van der Waals surface area contributed by atoms with Gasteiger partial charge in [-0.05, 0) is 64.4 Å². The Kier molecular flexibility index (Phi) is 3.34. The first-order chi connectivity index (χ1) is 8.13. The maximum absolute atomic E-state index is 9.60. The summed E-state index contributed by atoms with van der Waals surface area (Å²) in [5.41, 5.74) is 3.84. The maximum atomic E-state index is 9.60. The predicted molar refractivity (Wildman–Crippen MR) is 75.7 cm³/mol. The van der Waals surface area contributed by atoms with E-state index in [0.29, 0.717) is 11.3 Å². The molecule has 2 rings (SSSR count). The maximum Gasteiger partial charge on any atom is 0.129 e. The van der Waals surface area contributed by atoms with Crippen LogP contribution in [0.4, 0.5) is 0 Å².